The number of rotatable bonds is 4. The normalized spacial score (nSPS) is 20.7. The van der Waals surface area contributed by atoms with E-state index in [1.165, 1.54) is 0 Å². The highest BCUT2D eigenvalue weighted by atomic mass is 16.5. The van der Waals surface area contributed by atoms with Crippen LogP contribution in [0.3, 0.4) is 0 Å². The standard InChI is InChI=1S/C16H19NO4/c1-20-16(7-9-21-12-16)11-17-15(19)14-6-2-4-13(10-14)5-3-8-18/h2,4,6,10,18H,7-9,11-12H2,1H3,(H,17,19). The molecular weight excluding hydrogens is 270 g/mol. The molecule has 1 aliphatic heterocycles. The molecule has 2 N–H and O–H groups in total. The zero-order chi connectivity index (χ0) is 15.1. The molecule has 1 amide bonds. The number of benzene rings is 1. The monoisotopic (exact) mass is 289 g/mol. The summed E-state index contributed by atoms with van der Waals surface area (Å²) in [6.07, 6.45) is 0.770. The van der Waals surface area contributed by atoms with Crippen LogP contribution in [-0.4, -0.2) is 50.1 Å². The van der Waals surface area contributed by atoms with E-state index in [9.17, 15) is 4.79 Å². The van der Waals surface area contributed by atoms with Crippen LogP contribution in [0.5, 0.6) is 0 Å². The van der Waals surface area contributed by atoms with Gasteiger partial charge in [-0.1, -0.05) is 17.9 Å². The lowest BCUT2D eigenvalue weighted by Gasteiger charge is -2.25. The van der Waals surface area contributed by atoms with E-state index < -0.39 is 5.60 Å². The minimum absolute atomic E-state index is 0.175. The van der Waals surface area contributed by atoms with Crippen LogP contribution in [0.2, 0.25) is 0 Å². The molecule has 0 aliphatic carbocycles. The average molecular weight is 289 g/mol. The van der Waals surface area contributed by atoms with Gasteiger partial charge in [-0.3, -0.25) is 4.79 Å². The molecule has 1 fully saturated rings. The highest BCUT2D eigenvalue weighted by Crippen LogP contribution is 2.21. The highest BCUT2D eigenvalue weighted by molar-refractivity contribution is 5.94. The maximum atomic E-state index is 12.2. The Balaban J connectivity index is 2.00. The molecule has 0 aromatic heterocycles. The van der Waals surface area contributed by atoms with E-state index in [0.717, 1.165) is 6.42 Å². The summed E-state index contributed by atoms with van der Waals surface area (Å²) >= 11 is 0. The Bertz CT molecular complexity index is 553. The minimum atomic E-state index is -0.427. The lowest BCUT2D eigenvalue weighted by atomic mass is 10.0. The Hall–Kier alpha value is -1.87. The molecule has 1 saturated heterocycles. The fourth-order valence-corrected chi connectivity index (χ4v) is 2.18. The fourth-order valence-electron chi connectivity index (χ4n) is 2.18. The molecular formula is C16H19NO4. The molecule has 1 atom stereocenters. The van der Waals surface area contributed by atoms with Gasteiger partial charge in [-0.05, 0) is 18.2 Å². The van der Waals surface area contributed by atoms with Crippen molar-refractivity contribution in [2.75, 3.05) is 33.5 Å². The van der Waals surface area contributed by atoms with Crippen molar-refractivity contribution in [2.45, 2.75) is 12.0 Å². The van der Waals surface area contributed by atoms with Crippen molar-refractivity contribution < 1.29 is 19.4 Å². The second-order valence-corrected chi connectivity index (χ2v) is 4.91. The second kappa shape index (κ2) is 7.23. The van der Waals surface area contributed by atoms with Gasteiger partial charge in [0.15, 0.2) is 0 Å². The molecule has 0 radical (unpaired) electrons. The molecule has 0 saturated carbocycles. The van der Waals surface area contributed by atoms with Crippen molar-refractivity contribution in [2.24, 2.45) is 0 Å². The van der Waals surface area contributed by atoms with Crippen LogP contribution in [0, 0.1) is 11.8 Å². The molecule has 1 aromatic carbocycles. The first-order valence-corrected chi connectivity index (χ1v) is 6.80. The van der Waals surface area contributed by atoms with Crippen LogP contribution in [0.4, 0.5) is 0 Å². The summed E-state index contributed by atoms with van der Waals surface area (Å²) < 4.78 is 10.8. The predicted molar refractivity (Wildman–Crippen MR) is 77.9 cm³/mol. The number of carbonyl (C=O) groups is 1. The quantitative estimate of drug-likeness (QED) is 0.795. The van der Waals surface area contributed by atoms with E-state index in [4.69, 9.17) is 14.6 Å². The number of aliphatic hydroxyl groups is 1. The number of amides is 1. The van der Waals surface area contributed by atoms with E-state index in [-0.39, 0.29) is 12.5 Å². The van der Waals surface area contributed by atoms with Gasteiger partial charge in [-0.15, -0.1) is 0 Å². The summed E-state index contributed by atoms with van der Waals surface area (Å²) in [6, 6.07) is 6.98. The summed E-state index contributed by atoms with van der Waals surface area (Å²) in [5.41, 5.74) is 0.802. The Morgan fingerprint density at radius 3 is 3.10 bits per heavy atom. The largest absolute Gasteiger partial charge is 0.384 e. The molecule has 1 unspecified atom stereocenters. The SMILES string of the molecule is COC1(CNC(=O)c2cccc(C#CCO)c2)CCOC1. The van der Waals surface area contributed by atoms with Crippen molar-refractivity contribution in [3.63, 3.8) is 0 Å². The first-order valence-electron chi connectivity index (χ1n) is 6.80. The van der Waals surface area contributed by atoms with Crippen LogP contribution < -0.4 is 5.32 Å². The van der Waals surface area contributed by atoms with Crippen LogP contribution in [0.1, 0.15) is 22.3 Å². The topological polar surface area (TPSA) is 67.8 Å². The van der Waals surface area contributed by atoms with Gasteiger partial charge in [0, 0.05) is 37.8 Å². The molecule has 0 spiro atoms. The van der Waals surface area contributed by atoms with Gasteiger partial charge in [0.25, 0.3) is 5.91 Å². The van der Waals surface area contributed by atoms with Gasteiger partial charge in [0.1, 0.15) is 12.2 Å². The van der Waals surface area contributed by atoms with Gasteiger partial charge in [-0.2, -0.15) is 0 Å². The van der Waals surface area contributed by atoms with Crippen molar-refractivity contribution in [3.8, 4) is 11.8 Å². The van der Waals surface area contributed by atoms with Gasteiger partial charge in [0.2, 0.25) is 0 Å². The van der Waals surface area contributed by atoms with E-state index in [1.807, 2.05) is 0 Å². The van der Waals surface area contributed by atoms with Gasteiger partial charge in [0.05, 0.1) is 6.61 Å². The molecule has 1 aromatic rings. The van der Waals surface area contributed by atoms with Crippen molar-refractivity contribution >= 4 is 5.91 Å². The van der Waals surface area contributed by atoms with Gasteiger partial charge < -0.3 is 19.9 Å². The number of methoxy groups -OCH3 is 1. The fraction of sp³-hybridized carbons (Fsp3) is 0.438. The lowest BCUT2D eigenvalue weighted by Crippen LogP contribution is -2.45. The maximum absolute atomic E-state index is 12.2. The van der Waals surface area contributed by atoms with E-state index in [0.29, 0.717) is 30.9 Å². The Morgan fingerprint density at radius 1 is 1.57 bits per heavy atom. The second-order valence-electron chi connectivity index (χ2n) is 4.91. The molecule has 5 heteroatoms. The van der Waals surface area contributed by atoms with Gasteiger partial charge in [-0.25, -0.2) is 0 Å². The zero-order valence-electron chi connectivity index (χ0n) is 12.0. The molecule has 1 heterocycles. The number of ether oxygens (including phenoxy) is 2. The molecule has 0 bridgehead atoms. The first kappa shape index (κ1) is 15.5. The molecule has 21 heavy (non-hydrogen) atoms. The number of hydrogen-bond acceptors (Lipinski definition) is 4. The Morgan fingerprint density at radius 2 is 2.43 bits per heavy atom. The van der Waals surface area contributed by atoms with Crippen molar-refractivity contribution in [3.05, 3.63) is 35.4 Å². The number of hydrogen-bond donors (Lipinski definition) is 2. The highest BCUT2D eigenvalue weighted by Gasteiger charge is 2.35. The summed E-state index contributed by atoms with van der Waals surface area (Å²) in [7, 11) is 1.63. The number of aliphatic hydroxyl groups excluding tert-OH is 1. The van der Waals surface area contributed by atoms with E-state index >= 15 is 0 Å². The molecule has 5 nitrogen and oxygen atoms in total. The maximum Gasteiger partial charge on any atom is 0.251 e. The molecule has 2 rings (SSSR count). The van der Waals surface area contributed by atoms with Crippen LogP contribution in [0.25, 0.3) is 0 Å². The third kappa shape index (κ3) is 4.05. The van der Waals surface area contributed by atoms with Crippen LogP contribution in [-0.2, 0) is 9.47 Å². The minimum Gasteiger partial charge on any atom is -0.384 e. The number of nitrogens with one attached hydrogen (secondary N) is 1. The summed E-state index contributed by atoms with van der Waals surface area (Å²) in [4.78, 5) is 12.2. The van der Waals surface area contributed by atoms with Crippen molar-refractivity contribution in [1.29, 1.82) is 0 Å². The summed E-state index contributed by atoms with van der Waals surface area (Å²) in [6.45, 7) is 1.35. The first-order chi connectivity index (χ1) is 10.2. The smallest absolute Gasteiger partial charge is 0.251 e. The number of carbonyl (C=O) groups excluding carboxylic acids is 1. The third-order valence-electron chi connectivity index (χ3n) is 3.51. The predicted octanol–water partition coefficient (Wildman–Crippen LogP) is 0.566. The van der Waals surface area contributed by atoms with Crippen LogP contribution in [0.15, 0.2) is 24.3 Å². The van der Waals surface area contributed by atoms with Gasteiger partial charge >= 0.3 is 0 Å². The van der Waals surface area contributed by atoms with Crippen molar-refractivity contribution in [1.82, 2.24) is 5.32 Å². The Kier molecular flexibility index (Phi) is 5.34. The third-order valence-corrected chi connectivity index (χ3v) is 3.51. The van der Waals surface area contributed by atoms with Crippen LogP contribution >= 0.6 is 0 Å². The molecule has 112 valence electrons. The molecule has 1 aliphatic rings. The summed E-state index contributed by atoms with van der Waals surface area (Å²) in [5, 5.41) is 11.6. The average Bonchev–Trinajstić information content (AvgIpc) is 3.00. The Labute approximate surface area is 124 Å². The van der Waals surface area contributed by atoms with E-state index in [2.05, 4.69) is 17.2 Å². The summed E-state index contributed by atoms with van der Waals surface area (Å²) in [5.74, 6) is 5.17. The lowest BCUT2D eigenvalue weighted by molar-refractivity contribution is -0.0148. The zero-order valence-corrected chi connectivity index (χ0v) is 12.0. The van der Waals surface area contributed by atoms with E-state index in [1.54, 1.807) is 31.4 Å².